The zero-order valence-electron chi connectivity index (χ0n) is 17.8. The monoisotopic (exact) mass is 438 g/mol. The molecule has 0 spiro atoms. The van der Waals surface area contributed by atoms with Gasteiger partial charge < -0.3 is 20.4 Å². The maximum Gasteiger partial charge on any atom is 0.246 e. The molecule has 0 saturated carbocycles. The van der Waals surface area contributed by atoms with Crippen LogP contribution in [-0.2, 0) is 16.8 Å². The van der Waals surface area contributed by atoms with Gasteiger partial charge in [-0.05, 0) is 67.5 Å². The van der Waals surface area contributed by atoms with E-state index >= 15 is 0 Å². The van der Waals surface area contributed by atoms with E-state index in [-0.39, 0.29) is 19.1 Å². The molecular weight excluding hydrogens is 412 g/mol. The predicted molar refractivity (Wildman–Crippen MR) is 122 cm³/mol. The number of amides is 1. The highest BCUT2D eigenvalue weighted by molar-refractivity contribution is 7.09. The average molecular weight is 439 g/mol. The van der Waals surface area contributed by atoms with Crippen molar-refractivity contribution < 1.29 is 15.0 Å². The highest BCUT2D eigenvalue weighted by atomic mass is 32.1. The Morgan fingerprint density at radius 1 is 1.29 bits per heavy atom. The van der Waals surface area contributed by atoms with Crippen molar-refractivity contribution in [1.29, 1.82) is 0 Å². The van der Waals surface area contributed by atoms with Crippen LogP contribution in [0.5, 0.6) is 0 Å². The van der Waals surface area contributed by atoms with Gasteiger partial charge in [-0.3, -0.25) is 4.79 Å². The Labute approximate surface area is 185 Å². The summed E-state index contributed by atoms with van der Waals surface area (Å²) in [6, 6.07) is 11.5. The zero-order chi connectivity index (χ0) is 22.2. The average Bonchev–Trinajstić information content (AvgIpc) is 3.39. The number of aryl methyl sites for hydroxylation is 2. The van der Waals surface area contributed by atoms with Gasteiger partial charge in [0, 0.05) is 23.5 Å². The Kier molecular flexibility index (Phi) is 5.79. The molecule has 0 radical (unpaired) electrons. The van der Waals surface area contributed by atoms with Gasteiger partial charge in [0.25, 0.3) is 0 Å². The molecule has 7 nitrogen and oxygen atoms in total. The Morgan fingerprint density at radius 3 is 2.81 bits per heavy atom. The zero-order valence-corrected chi connectivity index (χ0v) is 18.7. The summed E-state index contributed by atoms with van der Waals surface area (Å²) in [6.07, 6.45) is 0.651. The van der Waals surface area contributed by atoms with Gasteiger partial charge in [-0.2, -0.15) is 4.37 Å². The van der Waals surface area contributed by atoms with Crippen molar-refractivity contribution in [1.82, 2.24) is 9.36 Å². The van der Waals surface area contributed by atoms with Crippen molar-refractivity contribution in [2.75, 3.05) is 29.9 Å². The molecule has 0 unspecified atom stereocenters. The first-order chi connectivity index (χ1) is 14.8. The lowest BCUT2D eigenvalue weighted by atomic mass is 9.91. The van der Waals surface area contributed by atoms with E-state index in [0.29, 0.717) is 18.5 Å². The molecule has 1 aliphatic heterocycles. The summed E-state index contributed by atoms with van der Waals surface area (Å²) in [4.78, 5) is 19.2. The maximum absolute atomic E-state index is 13.0. The standard InChI is InChI=1S/C23H26N4O3S/c1-14-7-8-16(22-25-15(2)26-31-22)11-19(14)24-12-21(29)27-10-9-17-18(23(3,30)13-28)5-4-6-20(17)27/h4-8,11,24,28,30H,9-10,12-13H2,1-3H3/t23-/m1/s1. The molecule has 1 aliphatic rings. The Hall–Kier alpha value is -2.81. The molecule has 1 aromatic heterocycles. The first-order valence-corrected chi connectivity index (χ1v) is 11.0. The highest BCUT2D eigenvalue weighted by Gasteiger charge is 2.32. The molecule has 31 heavy (non-hydrogen) atoms. The molecular formula is C23H26N4O3S. The van der Waals surface area contributed by atoms with Crippen LogP contribution in [0, 0.1) is 13.8 Å². The molecule has 8 heteroatoms. The number of hydrogen-bond acceptors (Lipinski definition) is 7. The van der Waals surface area contributed by atoms with Crippen LogP contribution in [0.4, 0.5) is 11.4 Å². The SMILES string of the molecule is Cc1nsc(-c2ccc(C)c(NCC(=O)N3CCc4c3cccc4[C@](C)(O)CO)c2)n1. The van der Waals surface area contributed by atoms with Crippen molar-refractivity contribution in [3.8, 4) is 10.6 Å². The van der Waals surface area contributed by atoms with Gasteiger partial charge in [0.2, 0.25) is 5.91 Å². The summed E-state index contributed by atoms with van der Waals surface area (Å²) in [6.45, 7) is 5.78. The predicted octanol–water partition coefficient (Wildman–Crippen LogP) is 3.02. The summed E-state index contributed by atoms with van der Waals surface area (Å²) in [5, 5.41) is 24.2. The lowest BCUT2D eigenvalue weighted by Gasteiger charge is -2.24. The lowest BCUT2D eigenvalue weighted by molar-refractivity contribution is -0.116. The highest BCUT2D eigenvalue weighted by Crippen LogP contribution is 2.36. The molecule has 2 heterocycles. The van der Waals surface area contributed by atoms with Crippen molar-refractivity contribution in [3.05, 3.63) is 58.9 Å². The first kappa shape index (κ1) is 21.4. The van der Waals surface area contributed by atoms with Gasteiger partial charge in [0.05, 0.1) is 13.2 Å². The van der Waals surface area contributed by atoms with Gasteiger partial charge in [0.1, 0.15) is 16.4 Å². The van der Waals surface area contributed by atoms with Crippen LogP contribution in [0.3, 0.4) is 0 Å². The molecule has 0 saturated heterocycles. The number of fused-ring (bicyclic) bond motifs is 1. The number of aliphatic hydroxyl groups is 2. The number of anilines is 2. The fraction of sp³-hybridized carbons (Fsp3) is 0.348. The third-order valence-electron chi connectivity index (χ3n) is 5.66. The summed E-state index contributed by atoms with van der Waals surface area (Å²) in [5.74, 6) is 0.702. The van der Waals surface area contributed by atoms with E-state index in [9.17, 15) is 15.0 Å². The minimum atomic E-state index is -1.33. The van der Waals surface area contributed by atoms with Gasteiger partial charge in [0.15, 0.2) is 0 Å². The molecule has 1 atom stereocenters. The van der Waals surface area contributed by atoms with Crippen molar-refractivity contribution in [3.63, 3.8) is 0 Å². The number of nitrogens with one attached hydrogen (secondary N) is 1. The Bertz CT molecular complexity index is 1130. The molecule has 2 aromatic carbocycles. The molecule has 3 aromatic rings. The molecule has 0 aliphatic carbocycles. The molecule has 4 rings (SSSR count). The first-order valence-electron chi connectivity index (χ1n) is 10.2. The number of nitrogens with zero attached hydrogens (tertiary/aromatic N) is 3. The van der Waals surface area contributed by atoms with Gasteiger partial charge in [-0.1, -0.05) is 24.3 Å². The number of rotatable bonds is 6. The van der Waals surface area contributed by atoms with E-state index in [1.165, 1.54) is 11.5 Å². The minimum Gasteiger partial charge on any atom is -0.393 e. The topological polar surface area (TPSA) is 98.6 Å². The molecule has 0 bridgehead atoms. The van der Waals surface area contributed by atoms with E-state index in [1.807, 2.05) is 50.2 Å². The van der Waals surface area contributed by atoms with E-state index in [1.54, 1.807) is 11.8 Å². The third kappa shape index (κ3) is 4.19. The molecule has 1 amide bonds. The van der Waals surface area contributed by atoms with Crippen LogP contribution in [0.25, 0.3) is 10.6 Å². The van der Waals surface area contributed by atoms with Gasteiger partial charge >= 0.3 is 0 Å². The van der Waals surface area contributed by atoms with Crippen molar-refractivity contribution in [2.24, 2.45) is 0 Å². The van der Waals surface area contributed by atoms with E-state index in [0.717, 1.165) is 38.9 Å². The second kappa shape index (κ2) is 8.37. The van der Waals surface area contributed by atoms with Crippen LogP contribution >= 0.6 is 11.5 Å². The maximum atomic E-state index is 13.0. The summed E-state index contributed by atoms with van der Waals surface area (Å²) in [5.41, 5.74) is 3.95. The second-order valence-electron chi connectivity index (χ2n) is 8.06. The fourth-order valence-electron chi connectivity index (χ4n) is 3.91. The molecule has 0 fully saturated rings. The van der Waals surface area contributed by atoms with Gasteiger partial charge in [-0.15, -0.1) is 0 Å². The number of hydrogen-bond donors (Lipinski definition) is 3. The number of aliphatic hydroxyl groups excluding tert-OH is 1. The quantitative estimate of drug-likeness (QED) is 0.547. The van der Waals surface area contributed by atoms with Crippen LogP contribution in [0.1, 0.15) is 29.4 Å². The Balaban J connectivity index is 1.51. The molecule has 162 valence electrons. The summed E-state index contributed by atoms with van der Waals surface area (Å²) < 4.78 is 4.24. The second-order valence-corrected chi connectivity index (χ2v) is 8.81. The number of carbonyl (C=O) groups excluding carboxylic acids is 1. The Morgan fingerprint density at radius 2 is 2.10 bits per heavy atom. The number of benzene rings is 2. The number of aromatic nitrogens is 2. The van der Waals surface area contributed by atoms with Crippen LogP contribution in [-0.4, -0.2) is 45.2 Å². The van der Waals surface area contributed by atoms with Crippen LogP contribution in [0.15, 0.2) is 36.4 Å². The summed E-state index contributed by atoms with van der Waals surface area (Å²) in [7, 11) is 0. The van der Waals surface area contributed by atoms with E-state index < -0.39 is 5.60 Å². The lowest BCUT2D eigenvalue weighted by Crippen LogP contribution is -2.34. The van der Waals surface area contributed by atoms with Crippen molar-refractivity contribution in [2.45, 2.75) is 32.8 Å². The van der Waals surface area contributed by atoms with Gasteiger partial charge in [-0.25, -0.2) is 4.98 Å². The minimum absolute atomic E-state index is 0.0453. The van der Waals surface area contributed by atoms with E-state index in [2.05, 4.69) is 14.7 Å². The van der Waals surface area contributed by atoms with Crippen LogP contribution < -0.4 is 10.2 Å². The molecule has 3 N–H and O–H groups in total. The summed E-state index contributed by atoms with van der Waals surface area (Å²) >= 11 is 1.36. The fourth-order valence-corrected chi connectivity index (χ4v) is 4.57. The van der Waals surface area contributed by atoms with Crippen LogP contribution in [0.2, 0.25) is 0 Å². The number of carbonyl (C=O) groups is 1. The smallest absolute Gasteiger partial charge is 0.246 e. The third-order valence-corrected chi connectivity index (χ3v) is 6.51. The van der Waals surface area contributed by atoms with Crippen molar-refractivity contribution >= 4 is 28.8 Å². The largest absolute Gasteiger partial charge is 0.393 e. The normalized spacial score (nSPS) is 14.9. The van der Waals surface area contributed by atoms with E-state index in [4.69, 9.17) is 0 Å².